The zero-order chi connectivity index (χ0) is 10.7. The molecule has 3 nitrogen and oxygen atoms in total. The van der Waals surface area contributed by atoms with Gasteiger partial charge in [-0.15, -0.1) is 0 Å². The summed E-state index contributed by atoms with van der Waals surface area (Å²) in [6, 6.07) is 1.33. The molecule has 1 aromatic rings. The van der Waals surface area contributed by atoms with Crippen molar-refractivity contribution in [1.82, 2.24) is 4.57 Å². The average Bonchev–Trinajstić information content (AvgIpc) is 2.47. The van der Waals surface area contributed by atoms with Crippen LogP contribution in [0.25, 0.3) is 0 Å². The Bertz CT molecular complexity index is 334. The van der Waals surface area contributed by atoms with Crippen molar-refractivity contribution >= 4 is 5.97 Å². The van der Waals surface area contributed by atoms with E-state index in [1.807, 2.05) is 0 Å². The molecule has 0 aliphatic rings. The van der Waals surface area contributed by atoms with Gasteiger partial charge in [-0.25, -0.2) is 13.6 Å². The minimum absolute atomic E-state index is 0.0654. The highest BCUT2D eigenvalue weighted by Crippen LogP contribution is 2.23. The second-order valence-corrected chi connectivity index (χ2v) is 2.75. The van der Waals surface area contributed by atoms with Gasteiger partial charge in [-0.2, -0.15) is 0 Å². The predicted molar refractivity (Wildman–Crippen MR) is 46.3 cm³/mol. The average molecular weight is 203 g/mol. The fraction of sp³-hybridized carbons (Fsp3) is 0.444. The summed E-state index contributed by atoms with van der Waals surface area (Å²) in [6.07, 6.45) is -1.26. The Morgan fingerprint density at radius 3 is 2.79 bits per heavy atom. The number of hydrogen-bond donors (Lipinski definition) is 0. The van der Waals surface area contributed by atoms with Gasteiger partial charge in [0.2, 0.25) is 0 Å². The molecule has 0 aliphatic carbocycles. The Morgan fingerprint density at radius 1 is 1.64 bits per heavy atom. The summed E-state index contributed by atoms with van der Waals surface area (Å²) in [7, 11) is 1.46. The molecule has 14 heavy (non-hydrogen) atoms. The molecule has 0 spiro atoms. The summed E-state index contributed by atoms with van der Waals surface area (Å²) in [5.74, 6) is -0.705. The van der Waals surface area contributed by atoms with E-state index in [0.29, 0.717) is 0 Å². The van der Waals surface area contributed by atoms with Gasteiger partial charge in [-0.1, -0.05) is 0 Å². The number of carbonyl (C=O) groups is 1. The third-order valence-electron chi connectivity index (χ3n) is 1.82. The molecule has 0 fully saturated rings. The van der Waals surface area contributed by atoms with Crippen LogP contribution in [0, 0.1) is 0 Å². The number of hydrogen-bond acceptors (Lipinski definition) is 2. The van der Waals surface area contributed by atoms with Crippen LogP contribution in [-0.2, 0) is 11.8 Å². The third-order valence-corrected chi connectivity index (χ3v) is 1.82. The number of ether oxygens (including phenoxy) is 1. The first-order valence-corrected chi connectivity index (χ1v) is 4.18. The maximum atomic E-state index is 12.5. The Balaban J connectivity index is 3.02. The third kappa shape index (κ3) is 1.92. The van der Waals surface area contributed by atoms with Crippen LogP contribution in [0.2, 0.25) is 0 Å². The lowest BCUT2D eigenvalue weighted by molar-refractivity contribution is 0.0514. The molecule has 0 aliphatic heterocycles. The molecule has 1 aromatic heterocycles. The van der Waals surface area contributed by atoms with Crippen LogP contribution in [-0.4, -0.2) is 17.1 Å². The Labute approximate surface area is 80.3 Å². The number of carbonyl (C=O) groups excluding carboxylic acids is 1. The van der Waals surface area contributed by atoms with Crippen molar-refractivity contribution in [3.8, 4) is 0 Å². The number of esters is 1. The molecule has 0 atom stereocenters. The van der Waals surface area contributed by atoms with Crippen LogP contribution >= 0.6 is 0 Å². The van der Waals surface area contributed by atoms with E-state index in [4.69, 9.17) is 0 Å². The van der Waals surface area contributed by atoms with E-state index in [9.17, 15) is 13.6 Å². The second-order valence-electron chi connectivity index (χ2n) is 2.75. The molecule has 0 unspecified atom stereocenters. The summed E-state index contributed by atoms with van der Waals surface area (Å²) in [5.41, 5.74) is -0.368. The molecule has 1 rings (SSSR count). The highest BCUT2D eigenvalue weighted by atomic mass is 19.3. The molecule has 5 heteroatoms. The summed E-state index contributed by atoms with van der Waals surface area (Å²) in [6.45, 7) is 1.80. The van der Waals surface area contributed by atoms with E-state index in [1.54, 1.807) is 6.92 Å². The van der Waals surface area contributed by atoms with E-state index < -0.39 is 12.4 Å². The second kappa shape index (κ2) is 4.21. The number of halogens is 2. The molecular weight excluding hydrogens is 192 g/mol. The number of rotatable bonds is 3. The monoisotopic (exact) mass is 203 g/mol. The molecule has 0 N–H and O–H groups in total. The molecule has 1 heterocycles. The first kappa shape index (κ1) is 10.7. The first-order chi connectivity index (χ1) is 6.57. The largest absolute Gasteiger partial charge is 0.462 e. The lowest BCUT2D eigenvalue weighted by Gasteiger charge is -2.05. The van der Waals surface area contributed by atoms with Crippen LogP contribution in [0.15, 0.2) is 12.3 Å². The van der Waals surface area contributed by atoms with Gasteiger partial charge in [-0.05, 0) is 13.0 Å². The quantitative estimate of drug-likeness (QED) is 0.705. The van der Waals surface area contributed by atoms with Gasteiger partial charge in [0.15, 0.2) is 0 Å². The van der Waals surface area contributed by atoms with Gasteiger partial charge in [-0.3, -0.25) is 0 Å². The van der Waals surface area contributed by atoms with Gasteiger partial charge < -0.3 is 9.30 Å². The summed E-state index contributed by atoms with van der Waals surface area (Å²) < 4.78 is 30.9. The van der Waals surface area contributed by atoms with Crippen LogP contribution in [0.3, 0.4) is 0 Å². The van der Waals surface area contributed by atoms with Gasteiger partial charge in [0, 0.05) is 13.2 Å². The van der Waals surface area contributed by atoms with Crippen LogP contribution < -0.4 is 0 Å². The maximum absolute atomic E-state index is 12.5. The minimum atomic E-state index is -2.67. The van der Waals surface area contributed by atoms with Crippen LogP contribution in [0.1, 0.15) is 29.4 Å². The highest BCUT2D eigenvalue weighted by molar-refractivity contribution is 5.90. The smallest absolute Gasteiger partial charge is 0.340 e. The van der Waals surface area contributed by atoms with Crippen LogP contribution in [0.4, 0.5) is 8.78 Å². The standard InChI is InChI=1S/C9H11F2NO2/c1-3-14-9(13)6-4-5-12(2)7(6)8(10)11/h4-5,8H,3H2,1-2H3. The van der Waals surface area contributed by atoms with E-state index in [2.05, 4.69) is 4.74 Å². The van der Waals surface area contributed by atoms with Gasteiger partial charge in [0.25, 0.3) is 6.43 Å². The molecular formula is C9H11F2NO2. The minimum Gasteiger partial charge on any atom is -0.462 e. The topological polar surface area (TPSA) is 31.2 Å². The summed E-state index contributed by atoms with van der Waals surface area (Å²) >= 11 is 0. The zero-order valence-electron chi connectivity index (χ0n) is 7.96. The normalized spacial score (nSPS) is 10.6. The molecule has 0 bridgehead atoms. The zero-order valence-corrected chi connectivity index (χ0v) is 7.96. The van der Waals surface area contributed by atoms with Crippen molar-refractivity contribution in [2.45, 2.75) is 13.3 Å². The molecule has 0 amide bonds. The van der Waals surface area contributed by atoms with Crippen molar-refractivity contribution in [1.29, 1.82) is 0 Å². The van der Waals surface area contributed by atoms with Crippen molar-refractivity contribution in [2.24, 2.45) is 7.05 Å². The Kier molecular flexibility index (Phi) is 3.22. The summed E-state index contributed by atoms with van der Waals surface area (Å²) in [4.78, 5) is 11.2. The van der Waals surface area contributed by atoms with Gasteiger partial charge >= 0.3 is 5.97 Å². The van der Waals surface area contributed by atoms with E-state index in [-0.39, 0.29) is 17.9 Å². The SMILES string of the molecule is CCOC(=O)c1ccn(C)c1C(F)F. The van der Waals surface area contributed by atoms with E-state index >= 15 is 0 Å². The predicted octanol–water partition coefficient (Wildman–Crippen LogP) is 2.14. The van der Waals surface area contributed by atoms with Gasteiger partial charge in [0.1, 0.15) is 0 Å². The van der Waals surface area contributed by atoms with Crippen LogP contribution in [0.5, 0.6) is 0 Å². The van der Waals surface area contributed by atoms with Crippen molar-refractivity contribution in [2.75, 3.05) is 6.61 Å². The van der Waals surface area contributed by atoms with Gasteiger partial charge in [0.05, 0.1) is 17.9 Å². The van der Waals surface area contributed by atoms with Crippen molar-refractivity contribution in [3.63, 3.8) is 0 Å². The van der Waals surface area contributed by atoms with E-state index in [1.165, 1.54) is 23.9 Å². The summed E-state index contributed by atoms with van der Waals surface area (Å²) in [5, 5.41) is 0. The molecule has 0 aromatic carbocycles. The molecule has 0 saturated heterocycles. The maximum Gasteiger partial charge on any atom is 0.340 e. The van der Waals surface area contributed by atoms with Crippen molar-refractivity contribution in [3.05, 3.63) is 23.5 Å². The number of aromatic nitrogens is 1. The fourth-order valence-corrected chi connectivity index (χ4v) is 1.19. The molecule has 0 radical (unpaired) electrons. The molecule has 78 valence electrons. The fourth-order valence-electron chi connectivity index (χ4n) is 1.19. The van der Waals surface area contributed by atoms with E-state index in [0.717, 1.165) is 0 Å². The number of nitrogens with zero attached hydrogens (tertiary/aromatic N) is 1. The lowest BCUT2D eigenvalue weighted by atomic mass is 10.2. The molecule has 0 saturated carbocycles. The Hall–Kier alpha value is -1.39. The highest BCUT2D eigenvalue weighted by Gasteiger charge is 2.22. The lowest BCUT2D eigenvalue weighted by Crippen LogP contribution is -2.08. The number of alkyl halides is 2. The first-order valence-electron chi connectivity index (χ1n) is 4.18. The number of aryl methyl sites for hydroxylation is 1. The Morgan fingerprint density at radius 2 is 2.29 bits per heavy atom. The van der Waals surface area contributed by atoms with Crippen molar-refractivity contribution < 1.29 is 18.3 Å².